The predicted octanol–water partition coefficient (Wildman–Crippen LogP) is 4.41. The summed E-state index contributed by atoms with van der Waals surface area (Å²) < 4.78 is 5.50. The molecular weight excluding hydrogens is 466 g/mol. The molecule has 0 saturated carbocycles. The minimum Gasteiger partial charge on any atom is -0.444 e. The number of ether oxygens (including phenoxy) is 1. The van der Waals surface area contributed by atoms with Crippen LogP contribution in [0.4, 0.5) is 16.2 Å². The quantitative estimate of drug-likeness (QED) is 0.608. The number of anilines is 2. The molecule has 1 atom stereocenters. The van der Waals surface area contributed by atoms with Crippen LogP contribution in [-0.2, 0) is 9.53 Å². The summed E-state index contributed by atoms with van der Waals surface area (Å²) in [5, 5.41) is 11.6. The van der Waals surface area contributed by atoms with E-state index in [1.807, 2.05) is 32.9 Å². The average molecular weight is 504 g/mol. The van der Waals surface area contributed by atoms with Crippen LogP contribution in [-0.4, -0.2) is 67.8 Å². The second kappa shape index (κ2) is 11.5. The molecule has 2 aromatic rings. The van der Waals surface area contributed by atoms with Crippen LogP contribution in [0.3, 0.4) is 0 Å². The van der Waals surface area contributed by atoms with Gasteiger partial charge in [-0.05, 0) is 75.4 Å². The number of carbonyl (C=O) groups is 2. The summed E-state index contributed by atoms with van der Waals surface area (Å²) in [6, 6.07) is 18.6. The van der Waals surface area contributed by atoms with E-state index in [-0.39, 0.29) is 24.6 Å². The molecule has 0 aliphatic carbocycles. The summed E-state index contributed by atoms with van der Waals surface area (Å²) in [6.45, 7) is 9.31. The highest BCUT2D eigenvalue weighted by molar-refractivity contribution is 5.86. The number of nitriles is 1. The maximum absolute atomic E-state index is 12.7. The number of hydrogen-bond acceptors (Lipinski definition) is 6. The molecule has 0 spiro atoms. The second-order valence-corrected chi connectivity index (χ2v) is 10.6. The topological polar surface area (TPSA) is 88.9 Å². The van der Waals surface area contributed by atoms with E-state index in [1.54, 1.807) is 4.90 Å². The monoisotopic (exact) mass is 503 g/mol. The Labute approximate surface area is 219 Å². The minimum atomic E-state index is -0.486. The number of hydrogen-bond donors (Lipinski definition) is 1. The summed E-state index contributed by atoms with van der Waals surface area (Å²) >= 11 is 0. The maximum atomic E-state index is 12.7. The van der Waals surface area contributed by atoms with E-state index in [9.17, 15) is 9.59 Å². The van der Waals surface area contributed by atoms with Gasteiger partial charge in [0.05, 0.1) is 6.07 Å². The van der Waals surface area contributed by atoms with Crippen molar-refractivity contribution in [3.63, 3.8) is 0 Å². The van der Waals surface area contributed by atoms with Gasteiger partial charge in [-0.3, -0.25) is 4.79 Å². The van der Waals surface area contributed by atoms with E-state index in [0.717, 1.165) is 61.4 Å². The van der Waals surface area contributed by atoms with E-state index >= 15 is 0 Å². The highest BCUT2D eigenvalue weighted by Crippen LogP contribution is 2.30. The van der Waals surface area contributed by atoms with Crippen LogP contribution in [0.5, 0.6) is 0 Å². The molecule has 4 rings (SSSR count). The van der Waals surface area contributed by atoms with E-state index in [1.165, 1.54) is 0 Å². The molecule has 2 amide bonds. The Kier molecular flexibility index (Phi) is 8.22. The van der Waals surface area contributed by atoms with Gasteiger partial charge in [0, 0.05) is 44.1 Å². The zero-order chi connectivity index (χ0) is 26.4. The maximum Gasteiger partial charge on any atom is 0.410 e. The van der Waals surface area contributed by atoms with Crippen molar-refractivity contribution in [3.8, 4) is 17.2 Å². The SMILES string of the molecule is CC(C)(C)OC(=O)N1CCN(c2ccc(-c3cccc(N4CCCC[C@@H]4C(=O)NCC#N)c3)cc2)CC1. The molecule has 2 aromatic carbocycles. The van der Waals surface area contributed by atoms with Gasteiger partial charge in [-0.1, -0.05) is 24.3 Å². The van der Waals surface area contributed by atoms with E-state index < -0.39 is 5.60 Å². The van der Waals surface area contributed by atoms with Crippen LogP contribution in [0.15, 0.2) is 48.5 Å². The average Bonchev–Trinajstić information content (AvgIpc) is 2.91. The number of piperazine rings is 1. The van der Waals surface area contributed by atoms with Gasteiger partial charge in [0.25, 0.3) is 0 Å². The van der Waals surface area contributed by atoms with Gasteiger partial charge in [0.1, 0.15) is 18.2 Å². The Morgan fingerprint density at radius 3 is 2.38 bits per heavy atom. The van der Waals surface area contributed by atoms with Crippen LogP contribution in [0.2, 0.25) is 0 Å². The fraction of sp³-hybridized carbons (Fsp3) is 0.483. The molecule has 2 heterocycles. The van der Waals surface area contributed by atoms with Crippen molar-refractivity contribution in [3.05, 3.63) is 48.5 Å². The Morgan fingerprint density at radius 1 is 0.973 bits per heavy atom. The van der Waals surface area contributed by atoms with Crippen LogP contribution >= 0.6 is 0 Å². The molecule has 1 N–H and O–H groups in total. The molecule has 0 radical (unpaired) electrons. The van der Waals surface area contributed by atoms with E-state index in [2.05, 4.69) is 57.6 Å². The minimum absolute atomic E-state index is 0.0333. The molecule has 196 valence electrons. The van der Waals surface area contributed by atoms with Crippen molar-refractivity contribution in [2.45, 2.75) is 51.7 Å². The fourth-order valence-corrected chi connectivity index (χ4v) is 4.96. The molecule has 37 heavy (non-hydrogen) atoms. The molecule has 2 aliphatic heterocycles. The first-order chi connectivity index (χ1) is 17.7. The van der Waals surface area contributed by atoms with Gasteiger partial charge in [0.15, 0.2) is 0 Å². The number of benzene rings is 2. The van der Waals surface area contributed by atoms with Crippen LogP contribution in [0.1, 0.15) is 40.0 Å². The van der Waals surface area contributed by atoms with Crippen molar-refractivity contribution in [2.24, 2.45) is 0 Å². The van der Waals surface area contributed by atoms with Crippen molar-refractivity contribution >= 4 is 23.4 Å². The number of nitrogens with zero attached hydrogens (tertiary/aromatic N) is 4. The van der Waals surface area contributed by atoms with Gasteiger partial charge in [-0.15, -0.1) is 0 Å². The third kappa shape index (κ3) is 6.73. The normalized spacial score (nSPS) is 18.2. The fourth-order valence-electron chi connectivity index (χ4n) is 4.96. The van der Waals surface area contributed by atoms with Gasteiger partial charge < -0.3 is 24.8 Å². The van der Waals surface area contributed by atoms with E-state index in [0.29, 0.717) is 13.1 Å². The van der Waals surface area contributed by atoms with Crippen LogP contribution < -0.4 is 15.1 Å². The summed E-state index contributed by atoms with van der Waals surface area (Å²) in [5.41, 5.74) is 3.88. The van der Waals surface area contributed by atoms with Gasteiger partial charge in [-0.2, -0.15) is 5.26 Å². The third-order valence-electron chi connectivity index (χ3n) is 6.82. The van der Waals surface area contributed by atoms with Gasteiger partial charge in [0.2, 0.25) is 5.91 Å². The van der Waals surface area contributed by atoms with Crippen molar-refractivity contribution in [1.82, 2.24) is 10.2 Å². The smallest absolute Gasteiger partial charge is 0.410 e. The molecule has 2 saturated heterocycles. The third-order valence-corrected chi connectivity index (χ3v) is 6.82. The lowest BCUT2D eigenvalue weighted by atomic mass is 9.98. The Bertz CT molecular complexity index is 1130. The van der Waals surface area contributed by atoms with Crippen LogP contribution in [0.25, 0.3) is 11.1 Å². The van der Waals surface area contributed by atoms with Gasteiger partial charge in [-0.25, -0.2) is 4.79 Å². The molecule has 8 nitrogen and oxygen atoms in total. The lowest BCUT2D eigenvalue weighted by Crippen LogP contribution is -2.50. The zero-order valence-corrected chi connectivity index (χ0v) is 22.1. The lowest BCUT2D eigenvalue weighted by molar-refractivity contribution is -0.122. The molecule has 0 unspecified atom stereocenters. The number of carbonyl (C=O) groups excluding carboxylic acids is 2. The summed E-state index contributed by atoms with van der Waals surface area (Å²) in [7, 11) is 0. The van der Waals surface area contributed by atoms with Gasteiger partial charge >= 0.3 is 6.09 Å². The first-order valence-corrected chi connectivity index (χ1v) is 13.1. The number of piperidine rings is 1. The summed E-state index contributed by atoms with van der Waals surface area (Å²) in [6.07, 6.45) is 2.59. The summed E-state index contributed by atoms with van der Waals surface area (Å²) in [4.78, 5) is 31.2. The standard InChI is InChI=1S/C29H37N5O3/c1-29(2,3)37-28(36)33-19-17-32(18-20-33)24-12-10-22(11-13-24)23-7-6-8-25(21-23)34-16-5-4-9-26(34)27(35)31-15-14-30/h6-8,10-13,21,26H,4-5,9,15-20H2,1-3H3,(H,31,35)/t26-/m1/s1. The van der Waals surface area contributed by atoms with Crippen molar-refractivity contribution in [2.75, 3.05) is 49.1 Å². The Morgan fingerprint density at radius 2 is 1.70 bits per heavy atom. The molecule has 0 aromatic heterocycles. The number of nitrogens with one attached hydrogen (secondary N) is 1. The van der Waals surface area contributed by atoms with Crippen molar-refractivity contribution in [1.29, 1.82) is 5.26 Å². The van der Waals surface area contributed by atoms with Crippen LogP contribution in [0, 0.1) is 11.3 Å². The lowest BCUT2D eigenvalue weighted by Gasteiger charge is -2.37. The van der Waals surface area contributed by atoms with E-state index in [4.69, 9.17) is 10.00 Å². The van der Waals surface area contributed by atoms with Crippen molar-refractivity contribution < 1.29 is 14.3 Å². The predicted molar refractivity (Wildman–Crippen MR) is 146 cm³/mol. The first kappa shape index (κ1) is 26.3. The Balaban J connectivity index is 1.41. The molecule has 0 bridgehead atoms. The number of amides is 2. The molecule has 2 aliphatic rings. The highest BCUT2D eigenvalue weighted by Gasteiger charge is 2.29. The second-order valence-electron chi connectivity index (χ2n) is 10.6. The Hall–Kier alpha value is -3.73. The zero-order valence-electron chi connectivity index (χ0n) is 22.1. The molecule has 8 heteroatoms. The summed E-state index contributed by atoms with van der Waals surface area (Å²) in [5.74, 6) is -0.0808. The first-order valence-electron chi connectivity index (χ1n) is 13.1. The number of rotatable bonds is 5. The molecular formula is C29H37N5O3. The highest BCUT2D eigenvalue weighted by atomic mass is 16.6. The molecule has 2 fully saturated rings. The largest absolute Gasteiger partial charge is 0.444 e.